The molecule has 152 valence electrons. The van der Waals surface area contributed by atoms with Crippen LogP contribution in [0.2, 0.25) is 0 Å². The lowest BCUT2D eigenvalue weighted by atomic mass is 9.80. The van der Waals surface area contributed by atoms with E-state index < -0.39 is 22.3 Å². The summed E-state index contributed by atoms with van der Waals surface area (Å²) in [4.78, 5) is 0. The van der Waals surface area contributed by atoms with Gasteiger partial charge in [0, 0.05) is 5.56 Å². The van der Waals surface area contributed by atoms with Crippen molar-refractivity contribution in [2.75, 3.05) is 26.4 Å². The van der Waals surface area contributed by atoms with Gasteiger partial charge in [0.05, 0.1) is 31.8 Å². The SMILES string of the molecule is CC(C)(C)c1ccc(OP2OCC3(CO2)CO[PH](=O)OC3)c(C(C)(C)C)c1. The molecule has 0 atom stereocenters. The molecule has 8 heteroatoms. The molecule has 0 saturated carbocycles. The van der Waals surface area contributed by atoms with E-state index in [0.717, 1.165) is 11.3 Å². The molecule has 0 bridgehead atoms. The van der Waals surface area contributed by atoms with Gasteiger partial charge in [0.1, 0.15) is 5.75 Å². The van der Waals surface area contributed by atoms with Gasteiger partial charge in [0.25, 0.3) is 0 Å². The zero-order valence-electron chi connectivity index (χ0n) is 17.0. The average Bonchev–Trinajstić information content (AvgIpc) is 2.58. The Morgan fingerprint density at radius 2 is 1.56 bits per heavy atom. The average molecular weight is 416 g/mol. The van der Waals surface area contributed by atoms with E-state index in [1.165, 1.54) is 5.56 Å². The Morgan fingerprint density at radius 1 is 0.963 bits per heavy atom. The molecule has 6 nitrogen and oxygen atoms in total. The third-order valence-corrected chi connectivity index (χ3v) is 6.56. The molecule has 1 spiro atoms. The number of benzene rings is 1. The molecular formula is C19H30O6P2. The summed E-state index contributed by atoms with van der Waals surface area (Å²) < 4.78 is 39.4. The van der Waals surface area contributed by atoms with Crippen molar-refractivity contribution in [2.45, 2.75) is 52.4 Å². The second-order valence-electron chi connectivity index (χ2n) is 9.40. The molecule has 0 unspecified atom stereocenters. The lowest BCUT2D eigenvalue weighted by Crippen LogP contribution is -2.44. The largest absolute Gasteiger partial charge is 0.426 e. The standard InChI is InChI=1S/C19H30O6P2/c1-17(2,3)14-7-8-16(15(9-14)18(4,5)6)25-27-23-12-19(13-24-27)10-21-26(20)22-11-19/h7-9,26H,10-13H2,1-6H3. The van der Waals surface area contributed by atoms with Crippen molar-refractivity contribution in [3.63, 3.8) is 0 Å². The van der Waals surface area contributed by atoms with Crippen molar-refractivity contribution in [3.8, 4) is 5.75 Å². The first-order chi connectivity index (χ1) is 12.5. The van der Waals surface area contributed by atoms with E-state index in [-0.39, 0.29) is 10.8 Å². The van der Waals surface area contributed by atoms with Crippen LogP contribution in [0.15, 0.2) is 18.2 Å². The molecule has 1 aromatic carbocycles. The predicted molar refractivity (Wildman–Crippen MR) is 107 cm³/mol. The highest BCUT2D eigenvalue weighted by Crippen LogP contribution is 2.51. The minimum Gasteiger partial charge on any atom is -0.426 e. The molecule has 2 heterocycles. The van der Waals surface area contributed by atoms with E-state index in [2.05, 4.69) is 53.7 Å². The number of hydrogen-bond acceptors (Lipinski definition) is 6. The van der Waals surface area contributed by atoms with Crippen molar-refractivity contribution < 1.29 is 27.2 Å². The molecule has 2 aliphatic heterocycles. The van der Waals surface area contributed by atoms with Crippen LogP contribution >= 0.6 is 16.9 Å². The molecule has 0 radical (unpaired) electrons. The zero-order chi connectivity index (χ0) is 19.9. The van der Waals surface area contributed by atoms with E-state index in [9.17, 15) is 4.57 Å². The van der Waals surface area contributed by atoms with Gasteiger partial charge in [-0.2, -0.15) is 0 Å². The molecule has 0 N–H and O–H groups in total. The molecule has 0 amide bonds. The first-order valence-electron chi connectivity index (χ1n) is 9.17. The first-order valence-corrected chi connectivity index (χ1v) is 11.5. The first kappa shape index (κ1) is 21.2. The van der Waals surface area contributed by atoms with Gasteiger partial charge in [-0.3, -0.25) is 4.57 Å². The van der Waals surface area contributed by atoms with Gasteiger partial charge in [-0.25, -0.2) is 0 Å². The second kappa shape index (κ2) is 7.74. The molecule has 0 aliphatic carbocycles. The number of rotatable bonds is 2. The van der Waals surface area contributed by atoms with Gasteiger partial charge in [-0.1, -0.05) is 53.7 Å². The van der Waals surface area contributed by atoms with Crippen LogP contribution in [0.25, 0.3) is 0 Å². The lowest BCUT2D eigenvalue weighted by molar-refractivity contribution is -0.0629. The van der Waals surface area contributed by atoms with Crippen LogP contribution in [0.4, 0.5) is 0 Å². The Morgan fingerprint density at radius 3 is 2.07 bits per heavy atom. The summed E-state index contributed by atoms with van der Waals surface area (Å²) in [6.45, 7) is 14.6. The normalized spacial score (nSPS) is 29.7. The van der Waals surface area contributed by atoms with Gasteiger partial charge >= 0.3 is 16.9 Å². The van der Waals surface area contributed by atoms with Crippen molar-refractivity contribution in [1.82, 2.24) is 0 Å². The quantitative estimate of drug-likeness (QED) is 0.605. The lowest BCUT2D eigenvalue weighted by Gasteiger charge is -2.40. The van der Waals surface area contributed by atoms with Crippen molar-refractivity contribution in [1.29, 1.82) is 0 Å². The van der Waals surface area contributed by atoms with Crippen LogP contribution in [0.1, 0.15) is 52.7 Å². The Hall–Kier alpha value is -0.480. The van der Waals surface area contributed by atoms with E-state index in [1.807, 2.05) is 6.07 Å². The van der Waals surface area contributed by atoms with E-state index in [4.69, 9.17) is 22.6 Å². The highest BCUT2D eigenvalue weighted by Gasteiger charge is 2.43. The maximum absolute atomic E-state index is 11.3. The van der Waals surface area contributed by atoms with Crippen LogP contribution < -0.4 is 4.52 Å². The maximum atomic E-state index is 11.3. The molecule has 1 aromatic rings. The summed E-state index contributed by atoms with van der Waals surface area (Å²) >= 11 is 0. The van der Waals surface area contributed by atoms with Crippen molar-refractivity contribution in [3.05, 3.63) is 29.3 Å². The van der Waals surface area contributed by atoms with Crippen molar-refractivity contribution >= 4 is 16.9 Å². The molecule has 3 rings (SSSR count). The van der Waals surface area contributed by atoms with Gasteiger partial charge in [0.2, 0.25) is 0 Å². The fourth-order valence-corrected chi connectivity index (χ4v) is 5.12. The Bertz CT molecular complexity index is 687. The minimum absolute atomic E-state index is 0.0664. The minimum atomic E-state index is -2.35. The Balaban J connectivity index is 1.72. The predicted octanol–water partition coefficient (Wildman–Crippen LogP) is 5.36. The molecule has 2 fully saturated rings. The molecule has 27 heavy (non-hydrogen) atoms. The second-order valence-corrected chi connectivity index (χ2v) is 11.6. The van der Waals surface area contributed by atoms with Crippen LogP contribution in [0, 0.1) is 5.41 Å². The monoisotopic (exact) mass is 416 g/mol. The smallest absolute Gasteiger partial charge is 0.397 e. The summed E-state index contributed by atoms with van der Waals surface area (Å²) in [6, 6.07) is 6.34. The maximum Gasteiger partial charge on any atom is 0.397 e. The third-order valence-electron chi connectivity index (χ3n) is 4.77. The summed E-state index contributed by atoms with van der Waals surface area (Å²) in [7, 11) is -3.85. The summed E-state index contributed by atoms with van der Waals surface area (Å²) in [5.41, 5.74) is 2.00. The fraction of sp³-hybridized carbons (Fsp3) is 0.684. The highest BCUT2D eigenvalue weighted by atomic mass is 31.2. The Labute approximate surface area is 163 Å². The highest BCUT2D eigenvalue weighted by molar-refractivity contribution is 7.42. The van der Waals surface area contributed by atoms with Gasteiger partial charge < -0.3 is 22.6 Å². The third kappa shape index (κ3) is 5.12. The van der Waals surface area contributed by atoms with Gasteiger partial charge in [-0.15, -0.1) is 0 Å². The van der Waals surface area contributed by atoms with E-state index >= 15 is 0 Å². The number of hydrogen-bond donors (Lipinski definition) is 0. The van der Waals surface area contributed by atoms with Crippen LogP contribution in [-0.4, -0.2) is 26.4 Å². The summed E-state index contributed by atoms with van der Waals surface area (Å²) in [5, 5.41) is 0. The van der Waals surface area contributed by atoms with E-state index in [1.54, 1.807) is 0 Å². The van der Waals surface area contributed by atoms with Crippen LogP contribution in [0.5, 0.6) is 5.75 Å². The fourth-order valence-electron chi connectivity index (χ4n) is 2.93. The molecular weight excluding hydrogens is 386 g/mol. The van der Waals surface area contributed by atoms with Crippen molar-refractivity contribution in [2.24, 2.45) is 5.41 Å². The Kier molecular flexibility index (Phi) is 6.09. The van der Waals surface area contributed by atoms with Crippen LogP contribution in [-0.2, 0) is 33.5 Å². The zero-order valence-corrected chi connectivity index (χ0v) is 18.9. The van der Waals surface area contributed by atoms with Gasteiger partial charge in [0.15, 0.2) is 0 Å². The molecule has 0 aromatic heterocycles. The molecule has 2 saturated heterocycles. The topological polar surface area (TPSA) is 63.2 Å². The molecule has 2 aliphatic rings. The van der Waals surface area contributed by atoms with E-state index in [0.29, 0.717) is 26.4 Å². The van der Waals surface area contributed by atoms with Crippen LogP contribution in [0.3, 0.4) is 0 Å². The van der Waals surface area contributed by atoms with Gasteiger partial charge in [-0.05, 0) is 22.5 Å². The summed E-state index contributed by atoms with van der Waals surface area (Å²) in [5.74, 6) is 0.791. The summed E-state index contributed by atoms with van der Waals surface area (Å²) in [6.07, 6.45) is 0.